The third kappa shape index (κ3) is 5.98. The van der Waals surface area contributed by atoms with Crippen LogP contribution in [0.4, 0.5) is 23.0 Å². The van der Waals surface area contributed by atoms with Crippen molar-refractivity contribution in [2.45, 2.75) is 12.8 Å². The Morgan fingerprint density at radius 2 is 1.64 bits per heavy atom. The SMILES string of the molecule is CS(=O)(=O)Nc1ccc(-c2ccnc(Nc3ccc(N4CCC(C(=O)O)CC4)cc3)n2)cc1. The molecule has 1 saturated heterocycles. The quantitative estimate of drug-likeness (QED) is 0.482. The molecule has 3 aromatic rings. The fourth-order valence-corrected chi connectivity index (χ4v) is 4.34. The first-order chi connectivity index (χ1) is 15.8. The number of benzene rings is 2. The van der Waals surface area contributed by atoms with Gasteiger partial charge in [-0.25, -0.2) is 18.4 Å². The van der Waals surface area contributed by atoms with Crippen LogP contribution in [-0.4, -0.2) is 48.8 Å². The third-order valence-corrected chi connectivity index (χ3v) is 6.08. The highest BCUT2D eigenvalue weighted by atomic mass is 32.2. The highest BCUT2D eigenvalue weighted by Gasteiger charge is 2.24. The Bertz CT molecular complexity index is 1220. The summed E-state index contributed by atoms with van der Waals surface area (Å²) in [4.78, 5) is 22.2. The first kappa shape index (κ1) is 22.5. The van der Waals surface area contributed by atoms with Gasteiger partial charge in [0.15, 0.2) is 0 Å². The first-order valence-electron chi connectivity index (χ1n) is 10.5. The minimum Gasteiger partial charge on any atom is -0.481 e. The van der Waals surface area contributed by atoms with E-state index in [9.17, 15) is 13.2 Å². The standard InChI is InChI=1S/C23H25N5O4S/c1-33(31,32)27-19-4-2-16(3-5-19)21-10-13-24-23(26-21)25-18-6-8-20(9-7-18)28-14-11-17(12-15-28)22(29)30/h2-10,13,17,27H,11-12,14-15H2,1H3,(H,29,30)(H,24,25,26). The van der Waals surface area contributed by atoms with Gasteiger partial charge in [-0.3, -0.25) is 9.52 Å². The molecule has 9 nitrogen and oxygen atoms in total. The lowest BCUT2D eigenvalue weighted by Gasteiger charge is -2.32. The Balaban J connectivity index is 1.41. The number of sulfonamides is 1. The van der Waals surface area contributed by atoms with Gasteiger partial charge in [-0.1, -0.05) is 12.1 Å². The number of rotatable bonds is 7. The molecule has 3 N–H and O–H groups in total. The number of carbonyl (C=O) groups is 1. The minimum absolute atomic E-state index is 0.251. The second-order valence-corrected chi connectivity index (χ2v) is 9.74. The van der Waals surface area contributed by atoms with Crippen LogP contribution >= 0.6 is 0 Å². The van der Waals surface area contributed by atoms with E-state index in [0.717, 1.165) is 36.3 Å². The maximum Gasteiger partial charge on any atom is 0.306 e. The topological polar surface area (TPSA) is 125 Å². The van der Waals surface area contributed by atoms with Crippen molar-refractivity contribution in [1.29, 1.82) is 0 Å². The highest BCUT2D eigenvalue weighted by molar-refractivity contribution is 7.92. The van der Waals surface area contributed by atoms with Crippen LogP contribution in [0.2, 0.25) is 0 Å². The Hall–Kier alpha value is -3.66. The Labute approximate surface area is 192 Å². The Morgan fingerprint density at radius 3 is 2.24 bits per heavy atom. The molecule has 0 atom stereocenters. The summed E-state index contributed by atoms with van der Waals surface area (Å²) in [5.74, 6) is -0.516. The zero-order valence-electron chi connectivity index (χ0n) is 18.1. The number of aromatic nitrogens is 2. The summed E-state index contributed by atoms with van der Waals surface area (Å²) in [5.41, 5.74) is 3.92. The zero-order valence-corrected chi connectivity index (χ0v) is 18.9. The molecule has 2 aromatic carbocycles. The van der Waals surface area contributed by atoms with E-state index in [2.05, 4.69) is 24.9 Å². The van der Waals surface area contributed by atoms with Crippen LogP contribution in [0.1, 0.15) is 12.8 Å². The summed E-state index contributed by atoms with van der Waals surface area (Å²) in [6.45, 7) is 1.46. The molecule has 0 bridgehead atoms. The van der Waals surface area contributed by atoms with Crippen molar-refractivity contribution in [3.05, 3.63) is 60.8 Å². The molecule has 0 radical (unpaired) electrons. The number of carboxylic acid groups (broad SMARTS) is 1. The van der Waals surface area contributed by atoms with Crippen molar-refractivity contribution in [2.24, 2.45) is 5.92 Å². The van der Waals surface area contributed by atoms with E-state index in [1.54, 1.807) is 36.5 Å². The molecular weight excluding hydrogens is 442 g/mol. The van der Waals surface area contributed by atoms with E-state index >= 15 is 0 Å². The minimum atomic E-state index is -3.32. The molecule has 4 rings (SSSR count). The van der Waals surface area contributed by atoms with Crippen LogP contribution in [0, 0.1) is 5.92 Å². The molecule has 0 spiro atoms. The summed E-state index contributed by atoms with van der Waals surface area (Å²) in [7, 11) is -3.32. The lowest BCUT2D eigenvalue weighted by Crippen LogP contribution is -2.36. The molecule has 1 aliphatic heterocycles. The molecule has 0 amide bonds. The van der Waals surface area contributed by atoms with Gasteiger partial charge in [0.05, 0.1) is 17.9 Å². The number of aliphatic carboxylic acids is 1. The van der Waals surface area contributed by atoms with Crippen molar-refractivity contribution < 1.29 is 18.3 Å². The smallest absolute Gasteiger partial charge is 0.306 e. The van der Waals surface area contributed by atoms with Gasteiger partial charge in [0.2, 0.25) is 16.0 Å². The van der Waals surface area contributed by atoms with Crippen molar-refractivity contribution >= 4 is 39.0 Å². The van der Waals surface area contributed by atoms with Crippen LogP contribution in [0.25, 0.3) is 11.3 Å². The van der Waals surface area contributed by atoms with Gasteiger partial charge >= 0.3 is 5.97 Å². The summed E-state index contributed by atoms with van der Waals surface area (Å²) >= 11 is 0. The van der Waals surface area contributed by atoms with Crippen molar-refractivity contribution in [1.82, 2.24) is 9.97 Å². The van der Waals surface area contributed by atoms with Crippen molar-refractivity contribution in [3.63, 3.8) is 0 Å². The largest absolute Gasteiger partial charge is 0.481 e. The maximum absolute atomic E-state index is 11.4. The van der Waals surface area contributed by atoms with Crippen LogP contribution in [-0.2, 0) is 14.8 Å². The van der Waals surface area contributed by atoms with Crippen LogP contribution in [0.5, 0.6) is 0 Å². The molecule has 1 fully saturated rings. The van der Waals surface area contributed by atoms with Gasteiger partial charge in [0.1, 0.15) is 0 Å². The number of piperidine rings is 1. The average molecular weight is 468 g/mol. The normalized spacial score (nSPS) is 14.6. The molecule has 1 aromatic heterocycles. The van der Waals surface area contributed by atoms with Crippen LogP contribution in [0.3, 0.4) is 0 Å². The van der Waals surface area contributed by atoms with E-state index in [1.807, 2.05) is 24.3 Å². The zero-order chi connectivity index (χ0) is 23.4. The van der Waals surface area contributed by atoms with Gasteiger partial charge in [0.25, 0.3) is 0 Å². The average Bonchev–Trinajstić information content (AvgIpc) is 2.79. The molecular formula is C23H25N5O4S. The second-order valence-electron chi connectivity index (χ2n) is 7.99. The van der Waals surface area contributed by atoms with E-state index in [4.69, 9.17) is 5.11 Å². The molecule has 0 saturated carbocycles. The van der Waals surface area contributed by atoms with E-state index < -0.39 is 16.0 Å². The fraction of sp³-hybridized carbons (Fsp3) is 0.261. The predicted octanol–water partition coefficient (Wildman–Crippen LogP) is 3.56. The number of nitrogens with one attached hydrogen (secondary N) is 2. The van der Waals surface area contributed by atoms with Crippen LogP contribution < -0.4 is 14.9 Å². The fourth-order valence-electron chi connectivity index (χ4n) is 3.77. The van der Waals surface area contributed by atoms with Crippen LogP contribution in [0.15, 0.2) is 60.8 Å². The number of hydrogen-bond acceptors (Lipinski definition) is 7. The summed E-state index contributed by atoms with van der Waals surface area (Å²) in [6, 6.07) is 16.6. The Kier molecular flexibility index (Phi) is 6.45. The monoisotopic (exact) mass is 467 g/mol. The molecule has 10 heteroatoms. The van der Waals surface area contributed by atoms with E-state index in [0.29, 0.717) is 30.2 Å². The van der Waals surface area contributed by atoms with Gasteiger partial charge in [0, 0.05) is 41.9 Å². The molecule has 172 valence electrons. The van der Waals surface area contributed by atoms with Crippen molar-refractivity contribution in [3.8, 4) is 11.3 Å². The highest BCUT2D eigenvalue weighted by Crippen LogP contribution is 2.26. The number of carboxylic acids is 1. The third-order valence-electron chi connectivity index (χ3n) is 5.47. The number of nitrogens with zero attached hydrogens (tertiary/aromatic N) is 3. The van der Waals surface area contributed by atoms with E-state index in [-0.39, 0.29) is 5.92 Å². The van der Waals surface area contributed by atoms with Gasteiger partial charge in [-0.2, -0.15) is 0 Å². The molecule has 1 aliphatic rings. The number of hydrogen-bond donors (Lipinski definition) is 3. The Morgan fingerprint density at radius 1 is 1.00 bits per heavy atom. The van der Waals surface area contributed by atoms with Gasteiger partial charge in [-0.15, -0.1) is 0 Å². The molecule has 0 unspecified atom stereocenters. The predicted molar refractivity (Wildman–Crippen MR) is 128 cm³/mol. The summed E-state index contributed by atoms with van der Waals surface area (Å²) in [6.07, 6.45) is 4.08. The lowest BCUT2D eigenvalue weighted by molar-refractivity contribution is -0.142. The van der Waals surface area contributed by atoms with E-state index in [1.165, 1.54) is 0 Å². The second kappa shape index (κ2) is 9.45. The van der Waals surface area contributed by atoms with Crippen molar-refractivity contribution in [2.75, 3.05) is 34.3 Å². The lowest BCUT2D eigenvalue weighted by atomic mass is 9.97. The summed E-state index contributed by atoms with van der Waals surface area (Å²) < 4.78 is 25.2. The molecule has 33 heavy (non-hydrogen) atoms. The van der Waals surface area contributed by atoms with Gasteiger partial charge in [-0.05, 0) is 55.3 Å². The number of anilines is 4. The molecule has 2 heterocycles. The van der Waals surface area contributed by atoms with Gasteiger partial charge < -0.3 is 15.3 Å². The maximum atomic E-state index is 11.4. The summed E-state index contributed by atoms with van der Waals surface area (Å²) in [5, 5.41) is 12.4. The molecule has 0 aliphatic carbocycles. The first-order valence-corrected chi connectivity index (χ1v) is 12.4.